The minimum atomic E-state index is -1.64. The quantitative estimate of drug-likeness (QED) is 0.232. The van der Waals surface area contributed by atoms with Crippen LogP contribution in [0.2, 0.25) is 0 Å². The second-order valence-electron chi connectivity index (χ2n) is 4.93. The molecule has 0 aromatic carbocycles. The average Bonchev–Trinajstić information content (AvgIpc) is 2.54. The summed E-state index contributed by atoms with van der Waals surface area (Å²) in [5, 5.41) is 96.4. The molecule has 0 aromatic heterocycles. The normalized spacial score (nSPS) is 39.4. The monoisotopic (exact) mass is 332 g/mol. The van der Waals surface area contributed by atoms with Crippen molar-refractivity contribution in [2.75, 3.05) is 13.2 Å². The molecule has 0 amide bonds. The van der Waals surface area contributed by atoms with Gasteiger partial charge >= 0.3 is 0 Å². The van der Waals surface area contributed by atoms with Gasteiger partial charge in [-0.1, -0.05) is 0 Å². The Kier molecular flexibility index (Phi) is 9.45. The van der Waals surface area contributed by atoms with Crippen LogP contribution < -0.4 is 0 Å². The van der Waals surface area contributed by atoms with Crippen molar-refractivity contribution in [1.82, 2.24) is 0 Å². The highest BCUT2D eigenvalue weighted by atomic mass is 16.4. The summed E-state index contributed by atoms with van der Waals surface area (Å²) in [4.78, 5) is 0. The zero-order valence-electron chi connectivity index (χ0n) is 11.5. The van der Waals surface area contributed by atoms with Crippen LogP contribution in [0.4, 0.5) is 0 Å². The highest BCUT2D eigenvalue weighted by molar-refractivity contribution is 4.98. The standard InChI is InChI=1S/C6H12O6.C5H12O5/c7-1-2(8)4(10)6(12)5(11)3(1)9;6-1-3(8)5(10)4(9)2-7/h1-12H;3-10H,1-2H2/t1-,2-,3-,4+,5-,6-;3-,4+,5+. The topological polar surface area (TPSA) is 223 Å². The smallest absolute Gasteiger partial charge is 0.111 e. The van der Waals surface area contributed by atoms with E-state index in [0.717, 1.165) is 0 Å². The van der Waals surface area contributed by atoms with E-state index in [4.69, 9.17) is 56.2 Å². The van der Waals surface area contributed by atoms with Gasteiger partial charge in [-0.3, -0.25) is 0 Å². The fourth-order valence-electron chi connectivity index (χ4n) is 1.68. The lowest BCUT2D eigenvalue weighted by Crippen LogP contribution is -2.63. The summed E-state index contributed by atoms with van der Waals surface area (Å²) >= 11 is 0. The van der Waals surface area contributed by atoms with Gasteiger partial charge in [-0.15, -0.1) is 0 Å². The predicted octanol–water partition coefficient (Wildman–Crippen LogP) is -6.78. The van der Waals surface area contributed by atoms with E-state index in [1.54, 1.807) is 0 Å². The fourth-order valence-corrected chi connectivity index (χ4v) is 1.68. The van der Waals surface area contributed by atoms with Crippen molar-refractivity contribution >= 4 is 0 Å². The van der Waals surface area contributed by atoms with Crippen molar-refractivity contribution in [3.8, 4) is 0 Å². The highest BCUT2D eigenvalue weighted by Crippen LogP contribution is 2.20. The third kappa shape index (κ3) is 5.33. The Morgan fingerprint density at radius 1 is 0.500 bits per heavy atom. The first kappa shape index (κ1) is 21.6. The zero-order chi connectivity index (χ0) is 17.6. The van der Waals surface area contributed by atoms with Gasteiger partial charge in [0.1, 0.15) is 54.9 Å². The summed E-state index contributed by atoms with van der Waals surface area (Å²) in [6.07, 6.45) is -14.1. The molecule has 134 valence electrons. The molecule has 1 saturated carbocycles. The molecule has 0 bridgehead atoms. The third-order valence-corrected chi connectivity index (χ3v) is 3.26. The lowest BCUT2D eigenvalue weighted by atomic mass is 9.85. The first-order valence-electron chi connectivity index (χ1n) is 6.44. The van der Waals surface area contributed by atoms with Crippen molar-refractivity contribution < 1.29 is 56.2 Å². The summed E-state index contributed by atoms with van der Waals surface area (Å²) in [6, 6.07) is 0. The van der Waals surface area contributed by atoms with Crippen LogP contribution in [0.5, 0.6) is 0 Å². The van der Waals surface area contributed by atoms with E-state index in [0.29, 0.717) is 0 Å². The van der Waals surface area contributed by atoms with Crippen molar-refractivity contribution in [3.63, 3.8) is 0 Å². The van der Waals surface area contributed by atoms with Gasteiger partial charge in [-0.2, -0.15) is 0 Å². The Balaban J connectivity index is 0.000000409. The van der Waals surface area contributed by atoms with Gasteiger partial charge < -0.3 is 56.2 Å². The molecule has 0 radical (unpaired) electrons. The van der Waals surface area contributed by atoms with Crippen LogP contribution >= 0.6 is 0 Å². The van der Waals surface area contributed by atoms with Crippen LogP contribution in [-0.4, -0.2) is 124 Å². The molecule has 0 aliphatic heterocycles. The Morgan fingerprint density at radius 2 is 0.682 bits per heavy atom. The van der Waals surface area contributed by atoms with Gasteiger partial charge in [0.25, 0.3) is 0 Å². The fraction of sp³-hybridized carbons (Fsp3) is 1.00. The molecule has 0 heterocycles. The minimum Gasteiger partial charge on any atom is -0.394 e. The van der Waals surface area contributed by atoms with Crippen molar-refractivity contribution in [3.05, 3.63) is 0 Å². The number of rotatable bonds is 4. The van der Waals surface area contributed by atoms with E-state index in [2.05, 4.69) is 0 Å². The number of aliphatic hydroxyl groups is 11. The van der Waals surface area contributed by atoms with Gasteiger partial charge in [0.15, 0.2) is 0 Å². The third-order valence-electron chi connectivity index (χ3n) is 3.26. The summed E-state index contributed by atoms with van der Waals surface area (Å²) in [5.74, 6) is 0. The molecule has 1 fully saturated rings. The molecule has 0 aromatic rings. The van der Waals surface area contributed by atoms with Gasteiger partial charge in [-0.05, 0) is 0 Å². The first-order valence-corrected chi connectivity index (χ1v) is 6.44. The van der Waals surface area contributed by atoms with E-state index in [1.807, 2.05) is 0 Å². The Hall–Kier alpha value is -0.440. The second kappa shape index (κ2) is 9.64. The lowest BCUT2D eigenvalue weighted by molar-refractivity contribution is -0.223. The maximum Gasteiger partial charge on any atom is 0.111 e. The summed E-state index contributed by atoms with van der Waals surface area (Å²) in [6.45, 7) is -1.28. The van der Waals surface area contributed by atoms with Crippen LogP contribution in [0.15, 0.2) is 0 Å². The molecule has 1 aliphatic rings. The molecule has 11 nitrogen and oxygen atoms in total. The van der Waals surface area contributed by atoms with Crippen LogP contribution in [-0.2, 0) is 0 Å². The van der Waals surface area contributed by atoms with Crippen molar-refractivity contribution in [2.24, 2.45) is 0 Å². The SMILES string of the molecule is OC[C@@H](O)[C@H](O)[C@@H](O)CO.O[C@H]1[C@H](O)[C@@H](O)[C@H](O)[C@@H](O)[C@H]1O. The largest absolute Gasteiger partial charge is 0.394 e. The Morgan fingerprint density at radius 3 is 0.818 bits per heavy atom. The lowest BCUT2D eigenvalue weighted by Gasteiger charge is -2.39. The molecule has 11 heteroatoms. The van der Waals surface area contributed by atoms with E-state index in [-0.39, 0.29) is 0 Å². The number of aliphatic hydroxyl groups excluding tert-OH is 11. The van der Waals surface area contributed by atoms with Gasteiger partial charge in [0.2, 0.25) is 0 Å². The van der Waals surface area contributed by atoms with Gasteiger partial charge in [-0.25, -0.2) is 0 Å². The molecular weight excluding hydrogens is 308 g/mol. The van der Waals surface area contributed by atoms with Gasteiger partial charge in [0, 0.05) is 0 Å². The van der Waals surface area contributed by atoms with Crippen LogP contribution in [0.25, 0.3) is 0 Å². The number of hydrogen-bond acceptors (Lipinski definition) is 11. The molecule has 0 saturated heterocycles. The van der Waals surface area contributed by atoms with E-state index < -0.39 is 68.1 Å². The molecule has 1 rings (SSSR count). The molecule has 0 unspecified atom stereocenters. The number of hydrogen-bond donors (Lipinski definition) is 11. The minimum absolute atomic E-state index is 0.641. The second-order valence-corrected chi connectivity index (χ2v) is 4.93. The Labute approximate surface area is 125 Å². The molecule has 3 atom stereocenters. The average molecular weight is 332 g/mol. The van der Waals surface area contributed by atoms with Crippen LogP contribution in [0.3, 0.4) is 0 Å². The maximum atomic E-state index is 8.97. The van der Waals surface area contributed by atoms with Crippen molar-refractivity contribution in [1.29, 1.82) is 0 Å². The predicted molar refractivity (Wildman–Crippen MR) is 68.2 cm³/mol. The van der Waals surface area contributed by atoms with Crippen LogP contribution in [0.1, 0.15) is 0 Å². The Bertz CT molecular complexity index is 235. The summed E-state index contributed by atoms with van der Waals surface area (Å²) < 4.78 is 0. The molecular formula is C11H24O11. The molecule has 11 N–H and O–H groups in total. The summed E-state index contributed by atoms with van der Waals surface area (Å²) in [5.41, 5.74) is 0. The first-order chi connectivity index (χ1) is 10.1. The van der Waals surface area contributed by atoms with Gasteiger partial charge in [0.05, 0.1) is 13.2 Å². The van der Waals surface area contributed by atoms with E-state index in [9.17, 15) is 0 Å². The van der Waals surface area contributed by atoms with E-state index >= 15 is 0 Å². The van der Waals surface area contributed by atoms with Crippen LogP contribution in [0, 0.1) is 0 Å². The summed E-state index contributed by atoms with van der Waals surface area (Å²) in [7, 11) is 0. The maximum absolute atomic E-state index is 8.97. The van der Waals surface area contributed by atoms with Crippen molar-refractivity contribution in [2.45, 2.75) is 54.9 Å². The zero-order valence-corrected chi connectivity index (χ0v) is 11.5. The molecule has 0 spiro atoms. The molecule has 1 aliphatic carbocycles. The molecule has 22 heavy (non-hydrogen) atoms. The van der Waals surface area contributed by atoms with E-state index in [1.165, 1.54) is 0 Å². The highest BCUT2D eigenvalue weighted by Gasteiger charge is 2.47.